The molecule has 0 radical (unpaired) electrons. The fraction of sp³-hybridized carbons (Fsp3) is 0.333. The second kappa shape index (κ2) is 12.3. The van der Waals surface area contributed by atoms with Gasteiger partial charge in [0.1, 0.15) is 0 Å². The lowest BCUT2D eigenvalue weighted by atomic mass is 9.90. The highest BCUT2D eigenvalue weighted by Gasteiger charge is 2.17. The quantitative estimate of drug-likeness (QED) is 0.411. The summed E-state index contributed by atoms with van der Waals surface area (Å²) in [6, 6.07) is 14.8. The Labute approximate surface area is 200 Å². The minimum Gasteiger partial charge on any atom is -0.481 e. The molecular formula is C24H30Cl2N2O2S. The number of aryl methyl sites for hydroxylation is 1. The van der Waals surface area contributed by atoms with E-state index in [0.29, 0.717) is 18.2 Å². The Kier molecular flexibility index (Phi) is 10.8. The molecule has 0 aliphatic heterocycles. The maximum atomic E-state index is 10.8. The van der Waals surface area contributed by atoms with Gasteiger partial charge in [0.25, 0.3) is 0 Å². The van der Waals surface area contributed by atoms with Crippen LogP contribution >= 0.6 is 36.6 Å². The van der Waals surface area contributed by atoms with Crippen molar-refractivity contribution in [2.24, 2.45) is 11.7 Å². The molecule has 0 aliphatic rings. The van der Waals surface area contributed by atoms with Gasteiger partial charge < -0.3 is 10.8 Å². The van der Waals surface area contributed by atoms with E-state index in [2.05, 4.69) is 51.1 Å². The first kappa shape index (κ1) is 27.2. The van der Waals surface area contributed by atoms with Crippen LogP contribution in [0, 0.1) is 12.8 Å². The van der Waals surface area contributed by atoms with Crippen LogP contribution in [0.5, 0.6) is 0 Å². The lowest BCUT2D eigenvalue weighted by Crippen LogP contribution is -2.10. The van der Waals surface area contributed by atoms with Crippen LogP contribution in [0.2, 0.25) is 0 Å². The molecule has 1 heterocycles. The van der Waals surface area contributed by atoms with E-state index in [0.717, 1.165) is 45.3 Å². The molecule has 0 saturated heterocycles. The van der Waals surface area contributed by atoms with Crippen molar-refractivity contribution in [1.82, 2.24) is 4.98 Å². The maximum Gasteiger partial charge on any atom is 0.313 e. The van der Waals surface area contributed by atoms with Gasteiger partial charge in [-0.05, 0) is 53.6 Å². The smallest absolute Gasteiger partial charge is 0.313 e. The Morgan fingerprint density at radius 1 is 1.13 bits per heavy atom. The number of pyridine rings is 1. The highest BCUT2D eigenvalue weighted by Crippen LogP contribution is 2.35. The minimum absolute atomic E-state index is 0. The summed E-state index contributed by atoms with van der Waals surface area (Å²) in [6.07, 6.45) is 0.886. The number of thioether (sulfide) groups is 1. The molecule has 3 aromatic rings. The number of halogens is 2. The van der Waals surface area contributed by atoms with Crippen molar-refractivity contribution in [2.75, 3.05) is 5.75 Å². The van der Waals surface area contributed by atoms with Crippen LogP contribution in [-0.2, 0) is 23.5 Å². The van der Waals surface area contributed by atoms with E-state index in [9.17, 15) is 4.79 Å². The summed E-state index contributed by atoms with van der Waals surface area (Å²) in [7, 11) is 0. The number of hydrogen-bond donors (Lipinski definition) is 2. The van der Waals surface area contributed by atoms with Crippen molar-refractivity contribution < 1.29 is 9.90 Å². The first-order chi connectivity index (χ1) is 13.9. The zero-order valence-electron chi connectivity index (χ0n) is 18.1. The molecule has 0 atom stereocenters. The highest BCUT2D eigenvalue weighted by molar-refractivity contribution is 7.99. The number of carbonyl (C=O) groups is 1. The standard InChI is InChI=1S/C24H28N2O2S.2ClH/c1-15(2)10-22-20(12-25)24(18-7-4-16(3)5-8-18)19-11-17(6-9-21(19)26-22)13-29-14-23(27)28;;/h4-9,11,15H,10,12-14,25H2,1-3H3,(H,27,28);2*1H. The van der Waals surface area contributed by atoms with Gasteiger partial charge in [0.15, 0.2) is 0 Å². The molecule has 168 valence electrons. The summed E-state index contributed by atoms with van der Waals surface area (Å²) in [5.74, 6) is 0.452. The number of carboxylic acid groups (broad SMARTS) is 1. The number of aliphatic carboxylic acids is 1. The summed E-state index contributed by atoms with van der Waals surface area (Å²) in [4.78, 5) is 15.8. The normalized spacial score (nSPS) is 10.6. The topological polar surface area (TPSA) is 76.2 Å². The average molecular weight is 481 g/mol. The van der Waals surface area contributed by atoms with E-state index in [1.807, 2.05) is 12.1 Å². The molecule has 3 rings (SSSR count). The fourth-order valence-corrected chi connectivity index (χ4v) is 4.26. The van der Waals surface area contributed by atoms with Crippen LogP contribution in [0.3, 0.4) is 0 Å². The van der Waals surface area contributed by atoms with Gasteiger partial charge in [0.05, 0.1) is 11.3 Å². The number of nitrogens with zero attached hydrogens (tertiary/aromatic N) is 1. The predicted octanol–water partition coefficient (Wildman–Crippen LogP) is 6.03. The van der Waals surface area contributed by atoms with Crippen LogP contribution in [0.4, 0.5) is 0 Å². The van der Waals surface area contributed by atoms with E-state index < -0.39 is 5.97 Å². The Morgan fingerprint density at radius 3 is 2.39 bits per heavy atom. The Morgan fingerprint density at radius 2 is 1.81 bits per heavy atom. The molecule has 0 saturated carbocycles. The van der Waals surface area contributed by atoms with E-state index in [1.165, 1.54) is 17.3 Å². The molecular weight excluding hydrogens is 451 g/mol. The van der Waals surface area contributed by atoms with Crippen molar-refractivity contribution >= 4 is 53.4 Å². The molecule has 0 unspecified atom stereocenters. The first-order valence-corrected chi connectivity index (χ1v) is 11.1. The summed E-state index contributed by atoms with van der Waals surface area (Å²) in [5, 5.41) is 9.98. The maximum absolute atomic E-state index is 10.8. The molecule has 4 nitrogen and oxygen atoms in total. The second-order valence-electron chi connectivity index (χ2n) is 7.82. The molecule has 0 bridgehead atoms. The van der Waals surface area contributed by atoms with Gasteiger partial charge in [-0.1, -0.05) is 49.7 Å². The van der Waals surface area contributed by atoms with Crippen molar-refractivity contribution in [2.45, 2.75) is 39.5 Å². The third-order valence-electron chi connectivity index (χ3n) is 4.88. The number of benzene rings is 2. The number of fused-ring (bicyclic) bond motifs is 1. The Balaban J connectivity index is 0.00000240. The largest absolute Gasteiger partial charge is 0.481 e. The van der Waals surface area contributed by atoms with Gasteiger partial charge in [-0.3, -0.25) is 9.78 Å². The van der Waals surface area contributed by atoms with Crippen LogP contribution in [0.15, 0.2) is 42.5 Å². The second-order valence-corrected chi connectivity index (χ2v) is 8.80. The van der Waals surface area contributed by atoms with E-state index >= 15 is 0 Å². The zero-order chi connectivity index (χ0) is 21.0. The van der Waals surface area contributed by atoms with Crippen LogP contribution in [-0.4, -0.2) is 21.8 Å². The molecule has 3 N–H and O–H groups in total. The molecule has 0 spiro atoms. The van der Waals surface area contributed by atoms with Gasteiger partial charge >= 0.3 is 5.97 Å². The molecule has 2 aromatic carbocycles. The summed E-state index contributed by atoms with van der Waals surface area (Å²) in [6.45, 7) is 6.91. The summed E-state index contributed by atoms with van der Waals surface area (Å²) < 4.78 is 0. The van der Waals surface area contributed by atoms with Gasteiger partial charge in [-0.25, -0.2) is 0 Å². The molecule has 0 aliphatic carbocycles. The SMILES string of the molecule is Cc1ccc(-c2c(CN)c(CC(C)C)nc3ccc(CSCC(=O)O)cc23)cc1.Cl.Cl. The van der Waals surface area contributed by atoms with Crippen LogP contribution < -0.4 is 5.73 Å². The monoisotopic (exact) mass is 480 g/mol. The average Bonchev–Trinajstić information content (AvgIpc) is 2.67. The fourth-order valence-electron chi connectivity index (χ4n) is 3.57. The number of nitrogens with two attached hydrogens (primary N) is 1. The molecule has 0 fully saturated rings. The van der Waals surface area contributed by atoms with E-state index in [4.69, 9.17) is 15.8 Å². The zero-order valence-corrected chi connectivity index (χ0v) is 20.5. The Hall–Kier alpha value is -1.79. The highest BCUT2D eigenvalue weighted by atomic mass is 35.5. The minimum atomic E-state index is -0.790. The molecule has 1 aromatic heterocycles. The van der Waals surface area contributed by atoms with Crippen LogP contribution in [0.1, 0.15) is 36.2 Å². The van der Waals surface area contributed by atoms with Crippen LogP contribution in [0.25, 0.3) is 22.0 Å². The van der Waals surface area contributed by atoms with Gasteiger partial charge in [0, 0.05) is 23.4 Å². The number of rotatable bonds is 8. The summed E-state index contributed by atoms with van der Waals surface area (Å²) in [5.41, 5.74) is 14.0. The van der Waals surface area contributed by atoms with Gasteiger partial charge in [-0.2, -0.15) is 0 Å². The van der Waals surface area contributed by atoms with E-state index in [1.54, 1.807) is 0 Å². The Bertz CT molecular complexity index is 1020. The third-order valence-corrected chi connectivity index (χ3v) is 5.86. The summed E-state index contributed by atoms with van der Waals surface area (Å²) >= 11 is 1.40. The van der Waals surface area contributed by atoms with Crippen molar-refractivity contribution in [3.63, 3.8) is 0 Å². The van der Waals surface area contributed by atoms with Crippen molar-refractivity contribution in [1.29, 1.82) is 0 Å². The van der Waals surface area contributed by atoms with Crippen molar-refractivity contribution in [3.05, 3.63) is 64.8 Å². The number of aromatic nitrogens is 1. The first-order valence-electron chi connectivity index (χ1n) is 9.90. The lowest BCUT2D eigenvalue weighted by molar-refractivity contribution is -0.133. The van der Waals surface area contributed by atoms with Gasteiger partial charge in [-0.15, -0.1) is 36.6 Å². The third kappa shape index (κ3) is 6.84. The number of carboxylic acids is 1. The number of hydrogen-bond acceptors (Lipinski definition) is 4. The molecule has 31 heavy (non-hydrogen) atoms. The van der Waals surface area contributed by atoms with Gasteiger partial charge in [0.2, 0.25) is 0 Å². The van der Waals surface area contributed by atoms with Crippen molar-refractivity contribution in [3.8, 4) is 11.1 Å². The lowest BCUT2D eigenvalue weighted by Gasteiger charge is -2.18. The predicted molar refractivity (Wildman–Crippen MR) is 137 cm³/mol. The molecule has 0 amide bonds. The van der Waals surface area contributed by atoms with E-state index in [-0.39, 0.29) is 30.6 Å². The molecule has 7 heteroatoms.